The third kappa shape index (κ3) is 6.11. The monoisotopic (exact) mass is 382 g/mol. The van der Waals surface area contributed by atoms with Crippen LogP contribution in [0.1, 0.15) is 15.9 Å². The summed E-state index contributed by atoms with van der Waals surface area (Å²) >= 11 is 1.46. The van der Waals surface area contributed by atoms with Crippen molar-refractivity contribution in [2.24, 2.45) is 0 Å². The molecule has 4 nitrogen and oxygen atoms in total. The Morgan fingerprint density at radius 2 is 1.69 bits per heavy atom. The number of benzene rings is 2. The predicted octanol–water partition coefficient (Wildman–Crippen LogP) is 3.88. The van der Waals surface area contributed by atoms with Crippen LogP contribution in [-0.4, -0.2) is 30.8 Å². The molecule has 2 aromatic rings. The molecule has 2 N–H and O–H groups in total. The van der Waals surface area contributed by atoms with E-state index in [1.54, 1.807) is 36.4 Å². The summed E-state index contributed by atoms with van der Waals surface area (Å²) < 4.78 is 36.2. The molecule has 0 aliphatic heterocycles. The van der Waals surface area contributed by atoms with Crippen LogP contribution in [0.5, 0.6) is 0 Å². The van der Waals surface area contributed by atoms with Crippen molar-refractivity contribution in [1.82, 2.24) is 5.32 Å². The van der Waals surface area contributed by atoms with E-state index in [4.69, 9.17) is 0 Å². The molecule has 26 heavy (non-hydrogen) atoms. The Hall–Kier alpha value is -2.48. The number of carbonyl (C=O) groups is 2. The van der Waals surface area contributed by atoms with Crippen molar-refractivity contribution in [1.29, 1.82) is 0 Å². The van der Waals surface area contributed by atoms with E-state index in [1.165, 1.54) is 11.8 Å². The number of carbonyl (C=O) groups excluding carboxylic acids is 2. The van der Waals surface area contributed by atoms with Gasteiger partial charge in [-0.05, 0) is 36.1 Å². The molecule has 2 rings (SSSR count). The number of rotatable bonds is 6. The molecule has 0 bridgehead atoms. The lowest BCUT2D eigenvalue weighted by atomic mass is 10.1. The number of amides is 2. The minimum Gasteiger partial charge on any atom is -0.347 e. The standard InChI is InChI=1S/C18H17F3N2O2S/c1-26-15-5-3-2-4-14(15)17(25)23-13-8-6-12(7-9-13)10-16(24)22-11-18(19,20)21/h2-9H,10-11H2,1H3,(H,22,24)(H,23,25). The summed E-state index contributed by atoms with van der Waals surface area (Å²) in [6, 6.07) is 13.6. The zero-order chi connectivity index (χ0) is 19.2. The lowest BCUT2D eigenvalue weighted by Crippen LogP contribution is -2.34. The van der Waals surface area contributed by atoms with Crippen LogP contribution < -0.4 is 10.6 Å². The smallest absolute Gasteiger partial charge is 0.347 e. The lowest BCUT2D eigenvalue weighted by molar-refractivity contribution is -0.138. The van der Waals surface area contributed by atoms with Gasteiger partial charge in [0.05, 0.1) is 12.0 Å². The van der Waals surface area contributed by atoms with Crippen molar-refractivity contribution in [2.75, 3.05) is 18.1 Å². The highest BCUT2D eigenvalue weighted by molar-refractivity contribution is 7.98. The molecular weight excluding hydrogens is 365 g/mol. The highest BCUT2D eigenvalue weighted by Gasteiger charge is 2.27. The van der Waals surface area contributed by atoms with Crippen LogP contribution in [-0.2, 0) is 11.2 Å². The van der Waals surface area contributed by atoms with Gasteiger partial charge < -0.3 is 10.6 Å². The van der Waals surface area contributed by atoms with Crippen molar-refractivity contribution >= 4 is 29.3 Å². The van der Waals surface area contributed by atoms with Gasteiger partial charge in [0.25, 0.3) is 5.91 Å². The third-order valence-electron chi connectivity index (χ3n) is 3.41. The van der Waals surface area contributed by atoms with Gasteiger partial charge in [-0.2, -0.15) is 13.2 Å². The number of anilines is 1. The number of halogens is 3. The summed E-state index contributed by atoms with van der Waals surface area (Å²) in [6.07, 6.45) is -2.72. The van der Waals surface area contributed by atoms with Crippen LogP contribution >= 0.6 is 11.8 Å². The second-order valence-electron chi connectivity index (χ2n) is 5.42. The second-order valence-corrected chi connectivity index (χ2v) is 6.27. The fraction of sp³-hybridized carbons (Fsp3) is 0.222. The molecule has 8 heteroatoms. The predicted molar refractivity (Wildman–Crippen MR) is 95.4 cm³/mol. The molecule has 0 saturated carbocycles. The van der Waals surface area contributed by atoms with Crippen LogP contribution in [0.3, 0.4) is 0 Å². The van der Waals surface area contributed by atoms with Gasteiger partial charge in [-0.25, -0.2) is 0 Å². The van der Waals surface area contributed by atoms with Crippen molar-refractivity contribution in [3.05, 3.63) is 59.7 Å². The molecule has 0 aromatic heterocycles. The first kappa shape index (κ1) is 19.8. The molecule has 0 radical (unpaired) electrons. The van der Waals surface area contributed by atoms with Crippen molar-refractivity contribution in [3.63, 3.8) is 0 Å². The first-order valence-corrected chi connectivity index (χ1v) is 8.88. The summed E-state index contributed by atoms with van der Waals surface area (Å²) in [6.45, 7) is -1.35. The van der Waals surface area contributed by atoms with E-state index in [0.29, 0.717) is 16.8 Å². The van der Waals surface area contributed by atoms with Gasteiger partial charge in [0, 0.05) is 10.6 Å². The minimum absolute atomic E-state index is 0.167. The molecule has 0 aliphatic carbocycles. The molecule has 0 fully saturated rings. The number of nitrogens with one attached hydrogen (secondary N) is 2. The SMILES string of the molecule is CSc1ccccc1C(=O)Nc1ccc(CC(=O)NCC(F)(F)F)cc1. The highest BCUT2D eigenvalue weighted by Crippen LogP contribution is 2.21. The second kappa shape index (κ2) is 8.75. The first-order chi connectivity index (χ1) is 12.3. The molecule has 0 saturated heterocycles. The first-order valence-electron chi connectivity index (χ1n) is 7.65. The van der Waals surface area contributed by atoms with Gasteiger partial charge in [-0.15, -0.1) is 11.8 Å². The number of hydrogen-bond acceptors (Lipinski definition) is 3. The van der Waals surface area contributed by atoms with E-state index in [1.807, 2.05) is 23.7 Å². The molecule has 2 aromatic carbocycles. The summed E-state index contributed by atoms with van der Waals surface area (Å²) in [5.41, 5.74) is 1.63. The number of alkyl halides is 3. The quantitative estimate of drug-likeness (QED) is 0.746. The van der Waals surface area contributed by atoms with Gasteiger partial charge in [-0.3, -0.25) is 9.59 Å². The Bertz CT molecular complexity index is 777. The van der Waals surface area contributed by atoms with Gasteiger partial charge >= 0.3 is 6.18 Å². The molecule has 0 heterocycles. The molecule has 0 unspecified atom stereocenters. The Labute approximate surface area is 153 Å². The fourth-order valence-corrected chi connectivity index (χ4v) is 2.78. The maximum absolute atomic E-state index is 12.3. The summed E-state index contributed by atoms with van der Waals surface area (Å²) in [5, 5.41) is 4.57. The average molecular weight is 382 g/mol. The van der Waals surface area contributed by atoms with E-state index in [9.17, 15) is 22.8 Å². The summed E-state index contributed by atoms with van der Waals surface area (Å²) in [4.78, 5) is 24.7. The Morgan fingerprint density at radius 3 is 2.31 bits per heavy atom. The third-order valence-corrected chi connectivity index (χ3v) is 4.21. The number of hydrogen-bond donors (Lipinski definition) is 2. The summed E-state index contributed by atoms with van der Waals surface area (Å²) in [5.74, 6) is -0.973. The molecule has 138 valence electrons. The molecule has 0 atom stereocenters. The maximum atomic E-state index is 12.3. The Balaban J connectivity index is 1.95. The molecule has 0 spiro atoms. The van der Waals surface area contributed by atoms with Gasteiger partial charge in [0.1, 0.15) is 6.54 Å². The van der Waals surface area contributed by atoms with Gasteiger partial charge in [0.2, 0.25) is 5.91 Å². The normalized spacial score (nSPS) is 11.1. The Kier molecular flexibility index (Phi) is 6.68. The topological polar surface area (TPSA) is 58.2 Å². The average Bonchev–Trinajstić information content (AvgIpc) is 2.61. The van der Waals surface area contributed by atoms with E-state index in [2.05, 4.69) is 5.32 Å². The van der Waals surface area contributed by atoms with Crippen LogP contribution in [0, 0.1) is 0 Å². The van der Waals surface area contributed by atoms with E-state index >= 15 is 0 Å². The van der Waals surface area contributed by atoms with Gasteiger partial charge in [0.15, 0.2) is 0 Å². The van der Waals surface area contributed by atoms with Crippen molar-refractivity contribution in [3.8, 4) is 0 Å². The zero-order valence-corrected chi connectivity index (χ0v) is 14.7. The zero-order valence-electron chi connectivity index (χ0n) is 13.9. The largest absolute Gasteiger partial charge is 0.405 e. The fourth-order valence-electron chi connectivity index (χ4n) is 2.18. The highest BCUT2D eigenvalue weighted by atomic mass is 32.2. The van der Waals surface area contributed by atoms with E-state index in [-0.39, 0.29) is 12.3 Å². The van der Waals surface area contributed by atoms with Gasteiger partial charge in [-0.1, -0.05) is 24.3 Å². The summed E-state index contributed by atoms with van der Waals surface area (Å²) in [7, 11) is 0. The molecule has 0 aliphatic rings. The molecule has 2 amide bonds. The molecular formula is C18H17F3N2O2S. The Morgan fingerprint density at radius 1 is 1.04 bits per heavy atom. The minimum atomic E-state index is -4.43. The van der Waals surface area contributed by atoms with Crippen LogP contribution in [0.25, 0.3) is 0 Å². The van der Waals surface area contributed by atoms with Crippen LogP contribution in [0.2, 0.25) is 0 Å². The van der Waals surface area contributed by atoms with E-state index < -0.39 is 18.6 Å². The van der Waals surface area contributed by atoms with Crippen molar-refractivity contribution in [2.45, 2.75) is 17.5 Å². The maximum Gasteiger partial charge on any atom is 0.405 e. The van der Waals surface area contributed by atoms with Crippen LogP contribution in [0.15, 0.2) is 53.4 Å². The lowest BCUT2D eigenvalue weighted by Gasteiger charge is -2.10. The van der Waals surface area contributed by atoms with Crippen molar-refractivity contribution < 1.29 is 22.8 Å². The number of thioether (sulfide) groups is 1. The van der Waals surface area contributed by atoms with Crippen LogP contribution in [0.4, 0.5) is 18.9 Å². The van der Waals surface area contributed by atoms with E-state index in [0.717, 1.165) is 4.90 Å².